The molecule has 2 amide bonds. The van der Waals surface area contributed by atoms with Crippen molar-refractivity contribution in [1.29, 1.82) is 0 Å². The van der Waals surface area contributed by atoms with E-state index < -0.39 is 28.5 Å². The Morgan fingerprint density at radius 3 is 2.15 bits per heavy atom. The van der Waals surface area contributed by atoms with Crippen molar-refractivity contribution in [3.8, 4) is 5.75 Å². The Morgan fingerprint density at radius 2 is 1.50 bits per heavy atom. The molecule has 10 heteroatoms. The fourth-order valence-corrected chi connectivity index (χ4v) is 7.29. The van der Waals surface area contributed by atoms with Gasteiger partial charge in [0.05, 0.1) is 17.7 Å². The molecule has 1 atom stereocenters. The summed E-state index contributed by atoms with van der Waals surface area (Å²) in [5, 5.41) is 3.58. The van der Waals surface area contributed by atoms with Gasteiger partial charge in [0.1, 0.15) is 18.3 Å². The predicted octanol–water partition coefficient (Wildman–Crippen LogP) is 6.24. The van der Waals surface area contributed by atoms with Gasteiger partial charge in [0.15, 0.2) is 0 Å². The lowest BCUT2D eigenvalue weighted by Crippen LogP contribution is -2.54. The standard InChI is InChI=1S/C36H38ClN3O5S/c1-45-32-18-10-13-28(23-32)25-39(34(24-27-11-4-2-5-12-27)36(42)38-30-14-8-9-15-30)35(41)26-40(31-16-6-3-7-17-31)46(43,44)33-21-19-29(37)20-22-33/h2-7,10-13,16-23,30,34H,8-9,14-15,24-26H2,1H3,(H,38,42)/t34-/m0/s1. The second-order valence-electron chi connectivity index (χ2n) is 11.4. The molecule has 1 aliphatic carbocycles. The molecule has 1 N–H and O–H groups in total. The monoisotopic (exact) mass is 659 g/mol. The van der Waals surface area contributed by atoms with E-state index in [9.17, 15) is 18.0 Å². The summed E-state index contributed by atoms with van der Waals surface area (Å²) < 4.78 is 34.7. The van der Waals surface area contributed by atoms with Crippen molar-refractivity contribution in [2.45, 2.75) is 55.6 Å². The molecule has 1 aliphatic rings. The third-order valence-electron chi connectivity index (χ3n) is 8.18. The summed E-state index contributed by atoms with van der Waals surface area (Å²) in [6.07, 6.45) is 4.10. The van der Waals surface area contributed by atoms with Gasteiger partial charge in [-0.05, 0) is 72.5 Å². The van der Waals surface area contributed by atoms with Gasteiger partial charge in [-0.2, -0.15) is 0 Å². The first-order valence-corrected chi connectivity index (χ1v) is 17.2. The van der Waals surface area contributed by atoms with Gasteiger partial charge < -0.3 is 15.0 Å². The molecule has 1 fully saturated rings. The van der Waals surface area contributed by atoms with Gasteiger partial charge >= 0.3 is 0 Å². The Morgan fingerprint density at radius 1 is 0.870 bits per heavy atom. The quantitative estimate of drug-likeness (QED) is 0.183. The third kappa shape index (κ3) is 8.27. The molecule has 240 valence electrons. The number of amides is 2. The zero-order valence-electron chi connectivity index (χ0n) is 25.7. The number of methoxy groups -OCH3 is 1. The molecule has 0 saturated heterocycles. The Hall–Kier alpha value is -4.34. The fraction of sp³-hybridized carbons (Fsp3) is 0.278. The first-order chi connectivity index (χ1) is 22.2. The van der Waals surface area contributed by atoms with Crippen LogP contribution in [-0.2, 0) is 32.6 Å². The normalized spacial score (nSPS) is 14.0. The molecule has 0 radical (unpaired) electrons. The molecule has 5 rings (SSSR count). The predicted molar refractivity (Wildman–Crippen MR) is 180 cm³/mol. The second kappa shape index (κ2) is 15.3. The first kappa shape index (κ1) is 33.0. The number of ether oxygens (including phenoxy) is 1. The Balaban J connectivity index is 1.56. The highest BCUT2D eigenvalue weighted by atomic mass is 35.5. The number of nitrogens with zero attached hydrogens (tertiary/aromatic N) is 2. The SMILES string of the molecule is COc1cccc(CN(C(=O)CN(c2ccccc2)S(=O)(=O)c2ccc(Cl)cc2)[C@@H](Cc2ccccc2)C(=O)NC2CCCC2)c1. The number of benzene rings is 4. The minimum Gasteiger partial charge on any atom is -0.497 e. The van der Waals surface area contributed by atoms with Gasteiger partial charge in [0, 0.05) is 24.0 Å². The molecule has 0 aromatic heterocycles. The van der Waals surface area contributed by atoms with Gasteiger partial charge in [-0.15, -0.1) is 0 Å². The Kier molecular flexibility index (Phi) is 11.0. The molecule has 4 aromatic rings. The largest absolute Gasteiger partial charge is 0.497 e. The summed E-state index contributed by atoms with van der Waals surface area (Å²) in [6, 6.07) is 30.3. The average Bonchev–Trinajstić information content (AvgIpc) is 3.59. The second-order valence-corrected chi connectivity index (χ2v) is 13.7. The average molecular weight is 660 g/mol. The molecule has 0 bridgehead atoms. The summed E-state index contributed by atoms with van der Waals surface area (Å²) in [5.41, 5.74) is 1.94. The van der Waals surface area contributed by atoms with Crippen LogP contribution in [0.3, 0.4) is 0 Å². The first-order valence-electron chi connectivity index (χ1n) is 15.3. The van der Waals surface area contributed by atoms with Crippen LogP contribution in [0.15, 0.2) is 114 Å². The zero-order chi connectivity index (χ0) is 32.5. The highest BCUT2D eigenvalue weighted by Gasteiger charge is 2.35. The number of hydrogen-bond donors (Lipinski definition) is 1. The van der Waals surface area contributed by atoms with Crippen LogP contribution in [0.2, 0.25) is 5.02 Å². The van der Waals surface area contributed by atoms with E-state index in [0.29, 0.717) is 16.5 Å². The maximum Gasteiger partial charge on any atom is 0.264 e. The van der Waals surface area contributed by atoms with Gasteiger partial charge in [-0.3, -0.25) is 13.9 Å². The Labute approximate surface area is 276 Å². The molecule has 0 unspecified atom stereocenters. The van der Waals surface area contributed by atoms with Crippen LogP contribution in [0.5, 0.6) is 5.75 Å². The van der Waals surface area contributed by atoms with E-state index in [0.717, 1.165) is 41.1 Å². The number of rotatable bonds is 13. The van der Waals surface area contributed by atoms with Crippen molar-refractivity contribution in [2.24, 2.45) is 0 Å². The molecular weight excluding hydrogens is 622 g/mol. The molecule has 4 aromatic carbocycles. The molecule has 0 spiro atoms. The van der Waals surface area contributed by atoms with E-state index in [1.807, 2.05) is 48.5 Å². The highest BCUT2D eigenvalue weighted by Crippen LogP contribution is 2.27. The zero-order valence-corrected chi connectivity index (χ0v) is 27.3. The summed E-state index contributed by atoms with van der Waals surface area (Å²) >= 11 is 6.06. The van der Waals surface area contributed by atoms with Crippen LogP contribution in [0.1, 0.15) is 36.8 Å². The summed E-state index contributed by atoms with van der Waals surface area (Å²) in [7, 11) is -2.64. The summed E-state index contributed by atoms with van der Waals surface area (Å²) in [6.45, 7) is -0.462. The van der Waals surface area contributed by atoms with Crippen LogP contribution in [0.25, 0.3) is 0 Å². The van der Waals surface area contributed by atoms with E-state index in [1.54, 1.807) is 43.5 Å². The lowest BCUT2D eigenvalue weighted by atomic mass is 10.0. The van der Waals surface area contributed by atoms with Crippen molar-refractivity contribution in [3.63, 3.8) is 0 Å². The Bertz CT molecular complexity index is 1710. The maximum absolute atomic E-state index is 14.6. The lowest BCUT2D eigenvalue weighted by molar-refractivity contribution is -0.140. The number of nitrogens with one attached hydrogen (secondary N) is 1. The highest BCUT2D eigenvalue weighted by molar-refractivity contribution is 7.92. The number of anilines is 1. The topological polar surface area (TPSA) is 96.0 Å². The third-order valence-corrected chi connectivity index (χ3v) is 10.2. The van der Waals surface area contributed by atoms with Crippen LogP contribution in [0, 0.1) is 0 Å². The van der Waals surface area contributed by atoms with Gasteiger partial charge in [0.25, 0.3) is 10.0 Å². The molecule has 1 saturated carbocycles. The van der Waals surface area contributed by atoms with Crippen molar-refractivity contribution >= 4 is 39.1 Å². The van der Waals surface area contributed by atoms with E-state index in [2.05, 4.69) is 5.32 Å². The summed E-state index contributed by atoms with van der Waals surface area (Å²) in [5.74, 6) is -0.179. The van der Waals surface area contributed by atoms with Crippen LogP contribution in [-0.4, -0.2) is 50.9 Å². The number of sulfonamides is 1. The number of para-hydroxylation sites is 1. The fourth-order valence-electron chi connectivity index (χ4n) is 5.75. The minimum absolute atomic E-state index is 0.00675. The number of halogens is 1. The van der Waals surface area contributed by atoms with E-state index >= 15 is 0 Å². The van der Waals surface area contributed by atoms with Gasteiger partial charge in [-0.1, -0.05) is 85.1 Å². The smallest absolute Gasteiger partial charge is 0.264 e. The maximum atomic E-state index is 14.6. The van der Waals surface area contributed by atoms with Crippen molar-refractivity contribution < 1.29 is 22.7 Å². The van der Waals surface area contributed by atoms with Crippen LogP contribution < -0.4 is 14.4 Å². The van der Waals surface area contributed by atoms with E-state index in [-0.39, 0.29) is 29.8 Å². The van der Waals surface area contributed by atoms with Gasteiger partial charge in [-0.25, -0.2) is 8.42 Å². The number of carbonyl (C=O) groups is 2. The van der Waals surface area contributed by atoms with E-state index in [1.165, 1.54) is 29.2 Å². The van der Waals surface area contributed by atoms with Crippen molar-refractivity contribution in [2.75, 3.05) is 18.0 Å². The molecular formula is C36H38ClN3O5S. The molecule has 46 heavy (non-hydrogen) atoms. The van der Waals surface area contributed by atoms with Crippen LogP contribution in [0.4, 0.5) is 5.69 Å². The molecule has 8 nitrogen and oxygen atoms in total. The number of hydrogen-bond acceptors (Lipinski definition) is 5. The van der Waals surface area contributed by atoms with Crippen LogP contribution >= 0.6 is 11.6 Å². The minimum atomic E-state index is -4.20. The van der Waals surface area contributed by atoms with Gasteiger partial charge in [0.2, 0.25) is 11.8 Å². The molecule has 0 heterocycles. The van der Waals surface area contributed by atoms with Crippen molar-refractivity contribution in [3.05, 3.63) is 125 Å². The summed E-state index contributed by atoms with van der Waals surface area (Å²) in [4.78, 5) is 30.2. The lowest BCUT2D eigenvalue weighted by Gasteiger charge is -2.34. The number of carbonyl (C=O) groups excluding carboxylic acids is 2. The van der Waals surface area contributed by atoms with E-state index in [4.69, 9.17) is 16.3 Å². The van der Waals surface area contributed by atoms with Crippen molar-refractivity contribution in [1.82, 2.24) is 10.2 Å². The molecule has 0 aliphatic heterocycles.